The standard InChI is InChI=1S/C16H15F4N3O3S/c1-3-27(25,26)22-13-6-14(12(17)4-10(13)7-21)23-8-9(2)11(5-15(23)24)16(18,19)20/h4-6,9,22H,3,8H2,1-2H3. The van der Waals surface area contributed by atoms with Crippen LogP contribution in [0.15, 0.2) is 23.8 Å². The topological polar surface area (TPSA) is 90.3 Å². The zero-order valence-electron chi connectivity index (χ0n) is 14.3. The van der Waals surface area contributed by atoms with E-state index in [-0.39, 0.29) is 17.0 Å². The third-order valence-electron chi connectivity index (χ3n) is 4.00. The molecule has 0 aromatic heterocycles. The molecule has 0 saturated carbocycles. The predicted octanol–water partition coefficient (Wildman–Crippen LogP) is 2.93. The summed E-state index contributed by atoms with van der Waals surface area (Å²) in [5, 5.41) is 9.07. The monoisotopic (exact) mass is 405 g/mol. The predicted molar refractivity (Wildman–Crippen MR) is 89.9 cm³/mol. The van der Waals surface area contributed by atoms with Gasteiger partial charge in [0, 0.05) is 24.1 Å². The van der Waals surface area contributed by atoms with Crippen molar-refractivity contribution in [3.63, 3.8) is 0 Å². The first kappa shape index (κ1) is 20.7. The maximum atomic E-state index is 14.4. The summed E-state index contributed by atoms with van der Waals surface area (Å²) < 4.78 is 78.8. The van der Waals surface area contributed by atoms with Gasteiger partial charge < -0.3 is 4.90 Å². The Hall–Kier alpha value is -2.61. The van der Waals surface area contributed by atoms with Crippen molar-refractivity contribution in [3.05, 3.63) is 35.2 Å². The lowest BCUT2D eigenvalue weighted by Crippen LogP contribution is -2.41. The molecule has 6 nitrogen and oxygen atoms in total. The van der Waals surface area contributed by atoms with Crippen LogP contribution in [0.5, 0.6) is 0 Å². The Balaban J connectivity index is 2.52. The number of anilines is 2. The van der Waals surface area contributed by atoms with Crippen LogP contribution in [0, 0.1) is 23.1 Å². The minimum absolute atomic E-state index is 0.262. The molecular formula is C16H15F4N3O3S. The second kappa shape index (κ2) is 7.19. The van der Waals surface area contributed by atoms with Crippen molar-refractivity contribution in [3.8, 4) is 6.07 Å². The van der Waals surface area contributed by atoms with Crippen molar-refractivity contribution in [2.24, 2.45) is 5.92 Å². The SMILES string of the molecule is CCS(=O)(=O)Nc1cc(N2CC(C)C(C(F)(F)F)=CC2=O)c(F)cc1C#N. The van der Waals surface area contributed by atoms with Gasteiger partial charge in [-0.3, -0.25) is 9.52 Å². The second-order valence-corrected chi connectivity index (χ2v) is 7.92. The maximum absolute atomic E-state index is 14.4. The Morgan fingerprint density at radius 3 is 2.52 bits per heavy atom. The third-order valence-corrected chi connectivity index (χ3v) is 5.29. The molecule has 1 amide bonds. The Kier molecular flexibility index (Phi) is 5.51. The molecule has 0 bridgehead atoms. The third kappa shape index (κ3) is 4.39. The lowest BCUT2D eigenvalue weighted by molar-refractivity contribution is -0.118. The molecule has 1 aromatic carbocycles. The highest BCUT2D eigenvalue weighted by Gasteiger charge is 2.41. The fourth-order valence-electron chi connectivity index (χ4n) is 2.58. The zero-order chi connectivity index (χ0) is 20.6. The van der Waals surface area contributed by atoms with E-state index in [0.717, 1.165) is 17.0 Å². The van der Waals surface area contributed by atoms with Crippen LogP contribution in [0.25, 0.3) is 0 Å². The molecule has 2 rings (SSSR count). The van der Waals surface area contributed by atoms with Crippen molar-refractivity contribution < 1.29 is 30.8 Å². The number of hydrogen-bond acceptors (Lipinski definition) is 4. The molecule has 0 fully saturated rings. The number of carbonyl (C=O) groups is 1. The van der Waals surface area contributed by atoms with Crippen LogP contribution in [0.1, 0.15) is 19.4 Å². The first-order valence-corrected chi connectivity index (χ1v) is 9.39. The van der Waals surface area contributed by atoms with Crippen LogP contribution < -0.4 is 9.62 Å². The van der Waals surface area contributed by atoms with Crippen molar-refractivity contribution in [1.29, 1.82) is 5.26 Å². The van der Waals surface area contributed by atoms with Crippen LogP contribution in [0.3, 0.4) is 0 Å². The van der Waals surface area contributed by atoms with E-state index in [1.54, 1.807) is 6.07 Å². The summed E-state index contributed by atoms with van der Waals surface area (Å²) in [5.74, 6) is -3.56. The summed E-state index contributed by atoms with van der Waals surface area (Å²) >= 11 is 0. The lowest BCUT2D eigenvalue weighted by Gasteiger charge is -2.32. The van der Waals surface area contributed by atoms with Gasteiger partial charge in [-0.1, -0.05) is 6.92 Å². The van der Waals surface area contributed by atoms with Crippen molar-refractivity contribution in [2.45, 2.75) is 20.0 Å². The Morgan fingerprint density at radius 2 is 2.00 bits per heavy atom. The highest BCUT2D eigenvalue weighted by molar-refractivity contribution is 7.92. The Morgan fingerprint density at radius 1 is 1.37 bits per heavy atom. The first-order valence-electron chi connectivity index (χ1n) is 7.74. The van der Waals surface area contributed by atoms with E-state index in [2.05, 4.69) is 4.72 Å². The normalized spacial score (nSPS) is 18.1. The van der Waals surface area contributed by atoms with Crippen LogP contribution >= 0.6 is 0 Å². The molecule has 1 N–H and O–H groups in total. The van der Waals surface area contributed by atoms with E-state index < -0.39 is 51.6 Å². The number of alkyl halides is 3. The number of amides is 1. The molecule has 1 heterocycles. The molecule has 1 unspecified atom stereocenters. The number of sulfonamides is 1. The summed E-state index contributed by atoms with van der Waals surface area (Å²) in [6, 6.07) is 3.28. The quantitative estimate of drug-likeness (QED) is 0.780. The van der Waals surface area contributed by atoms with E-state index in [1.165, 1.54) is 13.8 Å². The molecule has 146 valence electrons. The first-order chi connectivity index (χ1) is 12.4. The number of nitrogens with zero attached hydrogens (tertiary/aromatic N) is 2. The number of carbonyl (C=O) groups excluding carboxylic acids is 1. The van der Waals surface area contributed by atoms with E-state index in [0.29, 0.717) is 6.08 Å². The van der Waals surface area contributed by atoms with Gasteiger partial charge in [-0.05, 0) is 19.1 Å². The number of nitriles is 1. The number of rotatable bonds is 4. The fraction of sp³-hybridized carbons (Fsp3) is 0.375. The Bertz CT molecular complexity index is 949. The molecule has 11 heteroatoms. The summed E-state index contributed by atoms with van der Waals surface area (Å²) in [6.45, 7) is 2.13. The lowest BCUT2D eigenvalue weighted by atomic mass is 9.95. The molecule has 1 aromatic rings. The van der Waals surface area contributed by atoms with Gasteiger partial charge in [0.15, 0.2) is 0 Å². The average molecular weight is 405 g/mol. The van der Waals surface area contributed by atoms with Gasteiger partial charge in [0.25, 0.3) is 5.91 Å². The summed E-state index contributed by atoms with van der Waals surface area (Å²) in [4.78, 5) is 12.9. The molecule has 1 aliphatic heterocycles. The van der Waals surface area contributed by atoms with Gasteiger partial charge in [-0.25, -0.2) is 12.8 Å². The van der Waals surface area contributed by atoms with Crippen LogP contribution in [-0.4, -0.2) is 32.8 Å². The molecule has 1 aliphatic rings. The van der Waals surface area contributed by atoms with Gasteiger partial charge >= 0.3 is 6.18 Å². The van der Waals surface area contributed by atoms with Crippen LogP contribution in [-0.2, 0) is 14.8 Å². The summed E-state index contributed by atoms with van der Waals surface area (Å²) in [6.07, 6.45) is -4.30. The molecule has 27 heavy (non-hydrogen) atoms. The highest BCUT2D eigenvalue weighted by atomic mass is 32.2. The van der Waals surface area contributed by atoms with Crippen LogP contribution in [0.2, 0.25) is 0 Å². The van der Waals surface area contributed by atoms with Gasteiger partial charge in [-0.15, -0.1) is 0 Å². The number of halogens is 4. The molecule has 0 radical (unpaired) electrons. The maximum Gasteiger partial charge on any atom is 0.413 e. The van der Waals surface area contributed by atoms with Crippen molar-refractivity contribution in [1.82, 2.24) is 0 Å². The van der Waals surface area contributed by atoms with Crippen molar-refractivity contribution >= 4 is 27.3 Å². The Labute approximate surface area is 153 Å². The van der Waals surface area contributed by atoms with E-state index in [9.17, 15) is 30.8 Å². The molecule has 1 atom stereocenters. The van der Waals surface area contributed by atoms with Gasteiger partial charge in [0.1, 0.15) is 11.9 Å². The smallest absolute Gasteiger partial charge is 0.305 e. The minimum Gasteiger partial charge on any atom is -0.305 e. The molecule has 0 aliphatic carbocycles. The van der Waals surface area contributed by atoms with Gasteiger partial charge in [0.2, 0.25) is 10.0 Å². The van der Waals surface area contributed by atoms with Gasteiger partial charge in [0.05, 0.1) is 22.7 Å². The largest absolute Gasteiger partial charge is 0.413 e. The summed E-state index contributed by atoms with van der Waals surface area (Å²) in [7, 11) is -3.81. The second-order valence-electron chi connectivity index (χ2n) is 5.91. The molecule has 0 saturated heterocycles. The molecular weight excluding hydrogens is 390 g/mol. The van der Waals surface area contributed by atoms with Gasteiger partial charge in [-0.2, -0.15) is 18.4 Å². The highest BCUT2D eigenvalue weighted by Crippen LogP contribution is 2.37. The fourth-order valence-corrected chi connectivity index (χ4v) is 3.23. The summed E-state index contributed by atoms with van der Waals surface area (Å²) in [5.41, 5.74) is -2.03. The zero-order valence-corrected chi connectivity index (χ0v) is 15.1. The van der Waals surface area contributed by atoms with E-state index in [4.69, 9.17) is 5.26 Å². The number of nitrogens with one attached hydrogen (secondary N) is 1. The number of hydrogen-bond donors (Lipinski definition) is 1. The van der Waals surface area contributed by atoms with E-state index >= 15 is 0 Å². The van der Waals surface area contributed by atoms with Crippen LogP contribution in [0.4, 0.5) is 28.9 Å². The minimum atomic E-state index is -4.69. The van der Waals surface area contributed by atoms with Crippen molar-refractivity contribution in [2.75, 3.05) is 21.9 Å². The number of benzene rings is 1. The average Bonchev–Trinajstić information content (AvgIpc) is 2.56. The molecule has 0 spiro atoms. The van der Waals surface area contributed by atoms with E-state index in [1.807, 2.05) is 0 Å².